The minimum absolute atomic E-state index is 0.221. The van der Waals surface area contributed by atoms with Crippen LogP contribution in [-0.4, -0.2) is 72.2 Å². The molecule has 2 heterocycles. The number of ether oxygens (including phenoxy) is 2. The highest BCUT2D eigenvalue weighted by Crippen LogP contribution is 2.33. The third-order valence-corrected chi connectivity index (χ3v) is 7.72. The fourth-order valence-electron chi connectivity index (χ4n) is 5.63. The van der Waals surface area contributed by atoms with Gasteiger partial charge in [-0.25, -0.2) is 0 Å². The zero-order chi connectivity index (χ0) is 26.2. The van der Waals surface area contributed by atoms with E-state index in [4.69, 9.17) is 9.47 Å². The molecule has 0 spiro atoms. The van der Waals surface area contributed by atoms with Crippen LogP contribution in [0.25, 0.3) is 0 Å². The van der Waals surface area contributed by atoms with Gasteiger partial charge in [-0.1, -0.05) is 91.0 Å². The SMILES string of the molecule is OC(CN1CCCN(CC(Cc2ccccc2)C2=COCO2)CC1)C(O)(c1ccccc1)c1ccccc1. The van der Waals surface area contributed by atoms with Crippen LogP contribution in [0.3, 0.4) is 0 Å². The van der Waals surface area contributed by atoms with Crippen LogP contribution >= 0.6 is 0 Å². The summed E-state index contributed by atoms with van der Waals surface area (Å²) in [5.74, 6) is 1.14. The maximum absolute atomic E-state index is 11.9. The molecule has 3 aromatic rings. The number of rotatable bonds is 10. The molecule has 38 heavy (non-hydrogen) atoms. The normalized spacial score (nSPS) is 18.6. The monoisotopic (exact) mass is 514 g/mol. The number of β-amino-alcohol motifs (C(OH)–C–C–N with tert-alkyl or cyclic N) is 1. The number of benzene rings is 3. The quantitative estimate of drug-likeness (QED) is 0.427. The highest BCUT2D eigenvalue weighted by atomic mass is 16.7. The van der Waals surface area contributed by atoms with Gasteiger partial charge in [-0.2, -0.15) is 0 Å². The zero-order valence-electron chi connectivity index (χ0n) is 21.9. The van der Waals surface area contributed by atoms with Crippen molar-refractivity contribution in [2.75, 3.05) is 46.1 Å². The average molecular weight is 515 g/mol. The van der Waals surface area contributed by atoms with E-state index in [1.54, 1.807) is 6.26 Å². The first kappa shape index (κ1) is 26.4. The number of aliphatic hydroxyl groups excluding tert-OH is 1. The van der Waals surface area contributed by atoms with E-state index in [2.05, 4.69) is 34.1 Å². The Kier molecular flexibility index (Phi) is 8.76. The number of hydrogen-bond donors (Lipinski definition) is 2. The summed E-state index contributed by atoms with van der Waals surface area (Å²) in [6.07, 6.45) is 2.69. The summed E-state index contributed by atoms with van der Waals surface area (Å²) in [4.78, 5) is 4.77. The van der Waals surface area contributed by atoms with Gasteiger partial charge in [0.25, 0.3) is 0 Å². The largest absolute Gasteiger partial charge is 0.462 e. The van der Waals surface area contributed by atoms with Crippen molar-refractivity contribution in [2.24, 2.45) is 5.92 Å². The lowest BCUT2D eigenvalue weighted by molar-refractivity contribution is -0.0632. The van der Waals surface area contributed by atoms with Gasteiger partial charge in [-0.3, -0.25) is 4.90 Å². The van der Waals surface area contributed by atoms with E-state index in [1.807, 2.05) is 66.7 Å². The topological polar surface area (TPSA) is 65.4 Å². The Morgan fingerprint density at radius 2 is 1.29 bits per heavy atom. The van der Waals surface area contributed by atoms with E-state index in [0.29, 0.717) is 17.7 Å². The Bertz CT molecular complexity index is 1120. The average Bonchev–Trinajstić information content (AvgIpc) is 3.42. The van der Waals surface area contributed by atoms with Gasteiger partial charge in [0, 0.05) is 32.1 Å². The minimum Gasteiger partial charge on any atom is -0.462 e. The molecular weight excluding hydrogens is 476 g/mol. The molecule has 0 aromatic heterocycles. The fourth-order valence-corrected chi connectivity index (χ4v) is 5.63. The number of hydrogen-bond acceptors (Lipinski definition) is 6. The first-order valence-electron chi connectivity index (χ1n) is 13.6. The Morgan fingerprint density at radius 1 is 0.737 bits per heavy atom. The number of aliphatic hydroxyl groups is 2. The summed E-state index contributed by atoms with van der Waals surface area (Å²) in [6, 6.07) is 29.5. The molecule has 200 valence electrons. The Balaban J connectivity index is 1.25. The predicted molar refractivity (Wildman–Crippen MR) is 148 cm³/mol. The molecule has 2 aliphatic heterocycles. The van der Waals surface area contributed by atoms with Crippen LogP contribution in [0.1, 0.15) is 23.1 Å². The zero-order valence-corrected chi connectivity index (χ0v) is 21.9. The molecule has 5 rings (SSSR count). The molecule has 0 bridgehead atoms. The van der Waals surface area contributed by atoms with Crippen molar-refractivity contribution in [1.29, 1.82) is 0 Å². The summed E-state index contributed by atoms with van der Waals surface area (Å²) in [5, 5.41) is 23.4. The Hall–Kier alpha value is -3.16. The second-order valence-electron chi connectivity index (χ2n) is 10.3. The maximum atomic E-state index is 11.9. The van der Waals surface area contributed by atoms with E-state index in [9.17, 15) is 10.2 Å². The van der Waals surface area contributed by atoms with Crippen molar-refractivity contribution in [3.05, 3.63) is 120 Å². The van der Waals surface area contributed by atoms with E-state index in [1.165, 1.54) is 5.56 Å². The van der Waals surface area contributed by atoms with Gasteiger partial charge in [0.2, 0.25) is 6.79 Å². The van der Waals surface area contributed by atoms with Gasteiger partial charge in [-0.15, -0.1) is 0 Å². The second-order valence-corrected chi connectivity index (χ2v) is 10.3. The van der Waals surface area contributed by atoms with Crippen molar-refractivity contribution in [2.45, 2.75) is 24.5 Å². The highest BCUT2D eigenvalue weighted by Gasteiger charge is 2.40. The molecule has 6 heteroatoms. The van der Waals surface area contributed by atoms with E-state index < -0.39 is 11.7 Å². The van der Waals surface area contributed by atoms with Crippen LogP contribution in [-0.2, 0) is 21.5 Å². The fraction of sp³-hybridized carbons (Fsp3) is 0.375. The van der Waals surface area contributed by atoms with E-state index in [0.717, 1.165) is 51.3 Å². The van der Waals surface area contributed by atoms with Crippen molar-refractivity contribution in [1.82, 2.24) is 9.80 Å². The molecule has 2 N–H and O–H groups in total. The van der Waals surface area contributed by atoms with Gasteiger partial charge in [0.15, 0.2) is 0 Å². The predicted octanol–water partition coefficient (Wildman–Crippen LogP) is 4.00. The van der Waals surface area contributed by atoms with Gasteiger partial charge in [0.05, 0.1) is 0 Å². The van der Waals surface area contributed by atoms with E-state index in [-0.39, 0.29) is 12.7 Å². The molecule has 1 fully saturated rings. The molecule has 2 atom stereocenters. The van der Waals surface area contributed by atoms with Crippen LogP contribution in [0.15, 0.2) is 103 Å². The molecule has 2 unspecified atom stereocenters. The minimum atomic E-state index is -1.48. The smallest absolute Gasteiger partial charge is 0.229 e. The van der Waals surface area contributed by atoms with Gasteiger partial charge >= 0.3 is 0 Å². The lowest BCUT2D eigenvalue weighted by atomic mass is 9.81. The first-order chi connectivity index (χ1) is 18.6. The van der Waals surface area contributed by atoms with Crippen molar-refractivity contribution < 1.29 is 19.7 Å². The standard InChI is InChI=1S/C32H38N2O4/c35-31(32(36,28-13-6-2-7-14-28)29-15-8-3-9-16-29)23-34-18-10-17-33(19-20-34)22-27(30-24-37-25-38-30)21-26-11-4-1-5-12-26/h1-9,11-16,24,27,31,35-36H,10,17-23,25H2. The molecule has 6 nitrogen and oxygen atoms in total. The summed E-state index contributed by atoms with van der Waals surface area (Å²) < 4.78 is 11.2. The lowest BCUT2D eigenvalue weighted by Gasteiger charge is -2.37. The van der Waals surface area contributed by atoms with Crippen LogP contribution < -0.4 is 0 Å². The third-order valence-electron chi connectivity index (χ3n) is 7.72. The van der Waals surface area contributed by atoms with Gasteiger partial charge < -0.3 is 24.6 Å². The van der Waals surface area contributed by atoms with Crippen molar-refractivity contribution >= 4 is 0 Å². The third kappa shape index (κ3) is 6.27. The molecule has 0 amide bonds. The first-order valence-corrected chi connectivity index (χ1v) is 13.6. The maximum Gasteiger partial charge on any atom is 0.229 e. The molecule has 0 saturated carbocycles. The van der Waals surface area contributed by atoms with Crippen molar-refractivity contribution in [3.63, 3.8) is 0 Å². The molecule has 1 saturated heterocycles. The summed E-state index contributed by atoms with van der Waals surface area (Å²) in [5.41, 5.74) is 1.20. The summed E-state index contributed by atoms with van der Waals surface area (Å²) in [7, 11) is 0. The van der Waals surface area contributed by atoms with Crippen molar-refractivity contribution in [3.8, 4) is 0 Å². The molecule has 3 aromatic carbocycles. The van der Waals surface area contributed by atoms with Gasteiger partial charge in [0.1, 0.15) is 23.7 Å². The molecule has 0 aliphatic carbocycles. The highest BCUT2D eigenvalue weighted by molar-refractivity contribution is 5.37. The second kappa shape index (κ2) is 12.6. The van der Waals surface area contributed by atoms with Gasteiger partial charge in [-0.05, 0) is 42.6 Å². The molecule has 2 aliphatic rings. The Morgan fingerprint density at radius 3 is 1.84 bits per heavy atom. The Labute approximate surface area is 225 Å². The van der Waals surface area contributed by atoms with Crippen LogP contribution in [0.2, 0.25) is 0 Å². The van der Waals surface area contributed by atoms with Crippen LogP contribution in [0.5, 0.6) is 0 Å². The van der Waals surface area contributed by atoms with Crippen LogP contribution in [0, 0.1) is 5.92 Å². The summed E-state index contributed by atoms with van der Waals surface area (Å²) in [6.45, 7) is 5.14. The van der Waals surface area contributed by atoms with Crippen LogP contribution in [0.4, 0.5) is 0 Å². The van der Waals surface area contributed by atoms with E-state index >= 15 is 0 Å². The molecule has 0 radical (unpaired) electrons. The molecular formula is C32H38N2O4. The summed E-state index contributed by atoms with van der Waals surface area (Å²) >= 11 is 0. The lowest BCUT2D eigenvalue weighted by Crippen LogP contribution is -2.48. The number of nitrogens with zero attached hydrogens (tertiary/aromatic N) is 2.